The van der Waals surface area contributed by atoms with E-state index >= 15 is 0 Å². The minimum Gasteiger partial charge on any atom is -0.463 e. The van der Waals surface area contributed by atoms with E-state index in [1.165, 1.54) is 23.0 Å². The molecule has 198 valence electrons. The first-order chi connectivity index (χ1) is 18.3. The average molecular weight is 527 g/mol. The van der Waals surface area contributed by atoms with Crippen LogP contribution >= 0.6 is 0 Å². The van der Waals surface area contributed by atoms with E-state index in [2.05, 4.69) is 106 Å². The number of hydrogen-bond acceptors (Lipinski definition) is 4. The van der Waals surface area contributed by atoms with Crippen molar-refractivity contribution in [1.29, 1.82) is 0 Å². The predicted octanol–water partition coefficient (Wildman–Crippen LogP) is 6.32. The standard InChI is InChI=1S/C33H38O4Si/c1-32(2,3)38(26-18-10-6-11-19-26,27-20-12-7-13-21-27)37-33-23-15-14-22-29(33)28(25-16-8-5-9-17-25)24-30(36-33)31(34)35-4/h5-13,16-21,24,28-29H,14-15,22-23H2,1-4H3/t28-,29-,33-/m1/s1. The Bertz CT molecular complexity index is 1230. The van der Waals surface area contributed by atoms with E-state index in [4.69, 9.17) is 13.9 Å². The van der Waals surface area contributed by atoms with E-state index < -0.39 is 20.1 Å². The summed E-state index contributed by atoms with van der Waals surface area (Å²) in [6, 6.07) is 31.7. The van der Waals surface area contributed by atoms with Gasteiger partial charge in [-0.05, 0) is 39.9 Å². The maximum atomic E-state index is 13.0. The summed E-state index contributed by atoms with van der Waals surface area (Å²) in [6.45, 7) is 6.84. The highest BCUT2D eigenvalue weighted by molar-refractivity contribution is 6.99. The first-order valence-corrected chi connectivity index (χ1v) is 15.6. The fraction of sp³-hybridized carbons (Fsp3) is 0.364. The molecule has 1 saturated carbocycles. The molecular formula is C33H38O4Si. The molecule has 38 heavy (non-hydrogen) atoms. The zero-order valence-electron chi connectivity index (χ0n) is 22.9. The summed E-state index contributed by atoms with van der Waals surface area (Å²) in [4.78, 5) is 13.0. The summed E-state index contributed by atoms with van der Waals surface area (Å²) in [5.74, 6) is -1.12. The van der Waals surface area contributed by atoms with Gasteiger partial charge in [-0.1, -0.05) is 118 Å². The third kappa shape index (κ3) is 4.63. The summed E-state index contributed by atoms with van der Waals surface area (Å²) in [7, 11) is -1.55. The van der Waals surface area contributed by atoms with Crippen molar-refractivity contribution >= 4 is 24.7 Å². The molecule has 1 aliphatic heterocycles. The van der Waals surface area contributed by atoms with Crippen LogP contribution in [0.4, 0.5) is 0 Å². The Balaban J connectivity index is 1.74. The summed E-state index contributed by atoms with van der Waals surface area (Å²) >= 11 is 0. The van der Waals surface area contributed by atoms with Crippen LogP contribution in [0.2, 0.25) is 5.04 Å². The fourth-order valence-corrected chi connectivity index (χ4v) is 11.2. The van der Waals surface area contributed by atoms with Gasteiger partial charge in [-0.15, -0.1) is 0 Å². The number of fused-ring (bicyclic) bond motifs is 1. The van der Waals surface area contributed by atoms with Crippen LogP contribution in [0.15, 0.2) is 103 Å². The molecule has 4 nitrogen and oxygen atoms in total. The zero-order valence-corrected chi connectivity index (χ0v) is 23.9. The molecule has 1 aliphatic carbocycles. The van der Waals surface area contributed by atoms with E-state index in [0.29, 0.717) is 0 Å². The Morgan fingerprint density at radius 3 is 1.95 bits per heavy atom. The lowest BCUT2D eigenvalue weighted by Gasteiger charge is -2.55. The van der Waals surface area contributed by atoms with E-state index in [1.54, 1.807) is 0 Å². The fourth-order valence-electron chi connectivity index (χ4n) is 6.49. The van der Waals surface area contributed by atoms with Gasteiger partial charge in [0.2, 0.25) is 11.5 Å². The van der Waals surface area contributed by atoms with Gasteiger partial charge in [0.25, 0.3) is 8.32 Å². The van der Waals surface area contributed by atoms with E-state index in [-0.39, 0.29) is 22.6 Å². The molecule has 2 aliphatic rings. The Kier molecular flexibility index (Phi) is 7.34. The molecule has 3 aromatic carbocycles. The van der Waals surface area contributed by atoms with Crippen molar-refractivity contribution in [3.8, 4) is 0 Å². The first kappa shape index (κ1) is 26.5. The molecule has 0 saturated heterocycles. The highest BCUT2D eigenvalue weighted by Gasteiger charge is 2.60. The minimum atomic E-state index is -2.96. The second-order valence-corrected chi connectivity index (χ2v) is 15.7. The van der Waals surface area contributed by atoms with Crippen molar-refractivity contribution in [2.75, 3.05) is 7.11 Å². The van der Waals surface area contributed by atoms with Gasteiger partial charge in [0.15, 0.2) is 0 Å². The smallest absolute Gasteiger partial charge is 0.373 e. The molecule has 3 atom stereocenters. The lowest BCUT2D eigenvalue weighted by molar-refractivity contribution is -0.231. The Morgan fingerprint density at radius 1 is 0.868 bits per heavy atom. The number of carbonyl (C=O) groups excluding carboxylic acids is 1. The molecule has 0 N–H and O–H groups in total. The molecule has 3 aromatic rings. The van der Waals surface area contributed by atoms with E-state index in [1.807, 2.05) is 12.1 Å². The number of benzene rings is 3. The van der Waals surface area contributed by atoms with Crippen LogP contribution < -0.4 is 10.4 Å². The number of hydrogen-bond donors (Lipinski definition) is 0. The third-order valence-electron chi connectivity index (χ3n) is 8.22. The first-order valence-electron chi connectivity index (χ1n) is 13.7. The van der Waals surface area contributed by atoms with Crippen molar-refractivity contribution in [2.24, 2.45) is 5.92 Å². The maximum absolute atomic E-state index is 13.0. The number of ether oxygens (including phenoxy) is 2. The topological polar surface area (TPSA) is 44.8 Å². The van der Waals surface area contributed by atoms with Gasteiger partial charge in [0.1, 0.15) is 0 Å². The number of rotatable bonds is 6. The van der Waals surface area contributed by atoms with Gasteiger partial charge in [0, 0.05) is 18.3 Å². The number of methoxy groups -OCH3 is 1. The van der Waals surface area contributed by atoms with Crippen LogP contribution in [0.1, 0.15) is 57.9 Å². The van der Waals surface area contributed by atoms with Gasteiger partial charge in [-0.25, -0.2) is 4.79 Å². The summed E-state index contributed by atoms with van der Waals surface area (Å²) < 4.78 is 19.7. The van der Waals surface area contributed by atoms with Crippen molar-refractivity contribution in [1.82, 2.24) is 0 Å². The van der Waals surface area contributed by atoms with Crippen molar-refractivity contribution < 1.29 is 18.7 Å². The summed E-state index contributed by atoms with van der Waals surface area (Å²) in [5, 5.41) is 2.18. The van der Waals surface area contributed by atoms with Crippen molar-refractivity contribution in [3.05, 3.63) is 108 Å². The average Bonchev–Trinajstić information content (AvgIpc) is 2.95. The van der Waals surface area contributed by atoms with Crippen LogP contribution in [0.25, 0.3) is 0 Å². The van der Waals surface area contributed by atoms with Gasteiger partial charge in [-0.2, -0.15) is 0 Å². The monoisotopic (exact) mass is 526 g/mol. The quantitative estimate of drug-likeness (QED) is 0.279. The maximum Gasteiger partial charge on any atom is 0.373 e. The van der Waals surface area contributed by atoms with Gasteiger partial charge < -0.3 is 13.9 Å². The predicted molar refractivity (Wildman–Crippen MR) is 154 cm³/mol. The molecular weight excluding hydrogens is 488 g/mol. The van der Waals surface area contributed by atoms with Gasteiger partial charge in [0.05, 0.1) is 7.11 Å². The number of esters is 1. The van der Waals surface area contributed by atoms with Crippen LogP contribution in [-0.4, -0.2) is 27.2 Å². The van der Waals surface area contributed by atoms with Crippen LogP contribution in [0.3, 0.4) is 0 Å². The normalized spacial score (nSPS) is 23.5. The zero-order chi connectivity index (χ0) is 26.8. The summed E-state index contributed by atoms with van der Waals surface area (Å²) in [6.07, 6.45) is 5.72. The molecule has 0 radical (unpaired) electrons. The van der Waals surface area contributed by atoms with Crippen molar-refractivity contribution in [2.45, 2.75) is 63.2 Å². The van der Waals surface area contributed by atoms with Gasteiger partial charge in [-0.3, -0.25) is 0 Å². The molecule has 0 bridgehead atoms. The van der Waals surface area contributed by atoms with Crippen molar-refractivity contribution in [3.63, 3.8) is 0 Å². The third-order valence-corrected chi connectivity index (χ3v) is 13.3. The lowest BCUT2D eigenvalue weighted by Crippen LogP contribution is -2.71. The lowest BCUT2D eigenvalue weighted by atomic mass is 9.71. The highest BCUT2D eigenvalue weighted by Crippen LogP contribution is 2.53. The Hall–Kier alpha value is -3.15. The molecule has 5 heteroatoms. The minimum absolute atomic E-state index is 0.0161. The molecule has 0 unspecified atom stereocenters. The second kappa shape index (κ2) is 10.5. The Morgan fingerprint density at radius 2 is 1.42 bits per heavy atom. The number of allylic oxidation sites excluding steroid dienone is 1. The molecule has 1 fully saturated rings. The molecule has 5 rings (SSSR count). The van der Waals surface area contributed by atoms with E-state index in [0.717, 1.165) is 25.7 Å². The molecule has 1 heterocycles. The molecule has 0 amide bonds. The van der Waals surface area contributed by atoms with Crippen LogP contribution in [0, 0.1) is 5.92 Å². The van der Waals surface area contributed by atoms with Crippen LogP contribution in [0.5, 0.6) is 0 Å². The number of carbonyl (C=O) groups is 1. The molecule has 0 aromatic heterocycles. The highest BCUT2D eigenvalue weighted by atomic mass is 28.4. The SMILES string of the molecule is COC(=O)C1=C[C@H](c2ccccc2)[C@H]2CCCC[C@]2(O[Si](c2ccccc2)(c2ccccc2)C(C)(C)C)O1. The van der Waals surface area contributed by atoms with E-state index in [9.17, 15) is 4.79 Å². The Labute approximate surface area is 227 Å². The van der Waals surface area contributed by atoms with Crippen LogP contribution in [-0.2, 0) is 18.7 Å². The summed E-state index contributed by atoms with van der Waals surface area (Å²) in [5.41, 5.74) is 1.17. The largest absolute Gasteiger partial charge is 0.463 e. The second-order valence-electron chi connectivity index (χ2n) is 11.5. The van der Waals surface area contributed by atoms with Gasteiger partial charge >= 0.3 is 5.97 Å². The molecule has 0 spiro atoms.